The zero-order chi connectivity index (χ0) is 50.2. The lowest BCUT2D eigenvalue weighted by Crippen LogP contribution is -2.29. The van der Waals surface area contributed by atoms with E-state index >= 15 is 0 Å². The molecule has 0 aromatic heterocycles. The van der Waals surface area contributed by atoms with Crippen molar-refractivity contribution >= 4 is 19.8 Å². The molecular formula is C59H104NO8P. The van der Waals surface area contributed by atoms with Gasteiger partial charge in [-0.3, -0.25) is 18.6 Å². The number of nitrogens with two attached hydrogens (primary N) is 1. The number of carbonyl (C=O) groups is 2. The second-order valence-electron chi connectivity index (χ2n) is 18.4. The fraction of sp³-hybridized carbons (Fsp3) is 0.729. The average molecular weight is 986 g/mol. The number of carbonyl (C=O) groups excluding carboxylic acids is 2. The van der Waals surface area contributed by atoms with E-state index in [0.717, 1.165) is 96.3 Å². The molecule has 69 heavy (non-hydrogen) atoms. The van der Waals surface area contributed by atoms with E-state index in [1.165, 1.54) is 116 Å². The monoisotopic (exact) mass is 986 g/mol. The minimum Gasteiger partial charge on any atom is -0.462 e. The van der Waals surface area contributed by atoms with Crippen LogP contribution in [0, 0.1) is 0 Å². The summed E-state index contributed by atoms with van der Waals surface area (Å²) in [4.78, 5) is 35.2. The van der Waals surface area contributed by atoms with Crippen LogP contribution in [0.5, 0.6) is 0 Å². The van der Waals surface area contributed by atoms with Gasteiger partial charge in [-0.1, -0.05) is 227 Å². The largest absolute Gasteiger partial charge is 0.472 e. The highest BCUT2D eigenvalue weighted by atomic mass is 31.2. The molecule has 0 aliphatic heterocycles. The Balaban J connectivity index is 4.05. The Labute approximate surface area is 424 Å². The molecular weight excluding hydrogens is 882 g/mol. The molecule has 0 aliphatic carbocycles. The van der Waals surface area contributed by atoms with Crippen LogP contribution in [-0.2, 0) is 32.7 Å². The van der Waals surface area contributed by atoms with Gasteiger partial charge in [-0.25, -0.2) is 4.57 Å². The number of hydrogen-bond donors (Lipinski definition) is 2. The third-order valence-electron chi connectivity index (χ3n) is 11.8. The molecule has 0 aromatic rings. The van der Waals surface area contributed by atoms with Crippen LogP contribution < -0.4 is 5.73 Å². The van der Waals surface area contributed by atoms with Crippen LogP contribution in [0.3, 0.4) is 0 Å². The molecule has 0 aromatic carbocycles. The van der Waals surface area contributed by atoms with Crippen LogP contribution >= 0.6 is 7.82 Å². The molecule has 9 nitrogen and oxygen atoms in total. The van der Waals surface area contributed by atoms with E-state index in [9.17, 15) is 19.0 Å². The summed E-state index contributed by atoms with van der Waals surface area (Å²) >= 11 is 0. The van der Waals surface area contributed by atoms with Crippen molar-refractivity contribution < 1.29 is 37.6 Å². The smallest absolute Gasteiger partial charge is 0.462 e. The molecule has 0 amide bonds. The Morgan fingerprint density at radius 1 is 0.449 bits per heavy atom. The molecule has 0 heterocycles. The molecule has 0 aliphatic rings. The van der Waals surface area contributed by atoms with Gasteiger partial charge < -0.3 is 20.1 Å². The van der Waals surface area contributed by atoms with Gasteiger partial charge >= 0.3 is 19.8 Å². The highest BCUT2D eigenvalue weighted by molar-refractivity contribution is 7.47. The van der Waals surface area contributed by atoms with E-state index in [2.05, 4.69) is 98.9 Å². The minimum absolute atomic E-state index is 0.0469. The van der Waals surface area contributed by atoms with Gasteiger partial charge in [0.25, 0.3) is 0 Å². The van der Waals surface area contributed by atoms with Crippen LogP contribution in [0.2, 0.25) is 0 Å². The maximum Gasteiger partial charge on any atom is 0.472 e. The van der Waals surface area contributed by atoms with E-state index in [1.807, 2.05) is 0 Å². The van der Waals surface area contributed by atoms with Crippen LogP contribution in [0.15, 0.2) is 85.1 Å². The fourth-order valence-corrected chi connectivity index (χ4v) is 8.40. The topological polar surface area (TPSA) is 134 Å². The van der Waals surface area contributed by atoms with Crippen LogP contribution in [0.4, 0.5) is 0 Å². The van der Waals surface area contributed by atoms with Crippen LogP contribution in [-0.4, -0.2) is 49.3 Å². The number of phosphoric ester groups is 1. The maximum absolute atomic E-state index is 12.7. The van der Waals surface area contributed by atoms with Crippen molar-refractivity contribution in [2.45, 2.75) is 251 Å². The average Bonchev–Trinajstić information content (AvgIpc) is 3.34. The molecule has 10 heteroatoms. The molecule has 3 N–H and O–H groups in total. The summed E-state index contributed by atoms with van der Waals surface area (Å²) in [7, 11) is -4.40. The molecule has 0 bridgehead atoms. The number of unbranched alkanes of at least 4 members (excludes halogenated alkanes) is 25. The van der Waals surface area contributed by atoms with Crippen molar-refractivity contribution in [2.24, 2.45) is 5.73 Å². The molecule has 2 unspecified atom stereocenters. The Hall–Kier alpha value is -2.81. The van der Waals surface area contributed by atoms with Gasteiger partial charge in [-0.05, 0) is 89.9 Å². The molecule has 0 rings (SSSR count). The first-order valence-electron chi connectivity index (χ1n) is 28.1. The molecule has 0 saturated heterocycles. The van der Waals surface area contributed by atoms with Crippen molar-refractivity contribution in [1.82, 2.24) is 0 Å². The highest BCUT2D eigenvalue weighted by Crippen LogP contribution is 2.43. The quantitative estimate of drug-likeness (QED) is 0.0264. The second kappa shape index (κ2) is 54.5. The zero-order valence-electron chi connectivity index (χ0n) is 44.3. The van der Waals surface area contributed by atoms with Crippen LogP contribution in [0.1, 0.15) is 245 Å². The Morgan fingerprint density at radius 2 is 0.797 bits per heavy atom. The lowest BCUT2D eigenvalue weighted by Gasteiger charge is -2.19. The Bertz CT molecular complexity index is 1400. The summed E-state index contributed by atoms with van der Waals surface area (Å²) in [6, 6.07) is 0. The zero-order valence-corrected chi connectivity index (χ0v) is 45.2. The molecule has 0 spiro atoms. The first-order chi connectivity index (χ1) is 33.8. The summed E-state index contributed by atoms with van der Waals surface area (Å²) in [5, 5.41) is 0. The second-order valence-corrected chi connectivity index (χ2v) is 19.9. The van der Waals surface area contributed by atoms with Gasteiger partial charge in [-0.15, -0.1) is 0 Å². The van der Waals surface area contributed by atoms with Gasteiger partial charge in [0.1, 0.15) is 6.61 Å². The maximum atomic E-state index is 12.7. The Kier molecular flexibility index (Phi) is 52.3. The minimum atomic E-state index is -4.40. The molecule has 0 saturated carbocycles. The van der Waals surface area contributed by atoms with Crippen molar-refractivity contribution in [2.75, 3.05) is 26.4 Å². The summed E-state index contributed by atoms with van der Waals surface area (Å²) in [5.41, 5.74) is 5.38. The Morgan fingerprint density at radius 3 is 1.20 bits per heavy atom. The van der Waals surface area contributed by atoms with Gasteiger partial charge in [0.05, 0.1) is 13.2 Å². The molecule has 0 fully saturated rings. The third-order valence-corrected chi connectivity index (χ3v) is 12.7. The normalized spacial score (nSPS) is 13.7. The fourth-order valence-electron chi connectivity index (χ4n) is 7.63. The van der Waals surface area contributed by atoms with E-state index in [-0.39, 0.29) is 38.6 Å². The third kappa shape index (κ3) is 54.4. The standard InChI is InChI=1S/C59H104NO8P/c1-3-5-7-9-11-13-15-17-19-21-23-25-27-28-30-32-34-36-38-40-42-44-46-48-50-52-59(62)68-57(56-67-69(63,64)66-54-53-60)55-65-58(61)51-49-47-45-43-41-39-37-35-33-31-29-26-24-22-20-18-16-14-12-10-8-6-4-2/h5,7,11,13,17,19,22-25,28,30,34,36,57H,3-4,6,8-10,12,14-16,18,20-21,26-27,29,31-33,35,37-56,60H2,1-2H3,(H,63,64)/b7-5-,13-11-,19-17-,24-22-,25-23-,30-28-,36-34-. The number of ether oxygens (including phenoxy) is 2. The molecule has 0 radical (unpaired) electrons. The first-order valence-corrected chi connectivity index (χ1v) is 29.6. The van der Waals surface area contributed by atoms with Gasteiger partial charge in [0.15, 0.2) is 6.10 Å². The number of esters is 2. The van der Waals surface area contributed by atoms with E-state index in [1.54, 1.807) is 0 Å². The number of allylic oxidation sites excluding steroid dienone is 14. The van der Waals surface area contributed by atoms with Gasteiger partial charge in [-0.2, -0.15) is 0 Å². The number of hydrogen-bond acceptors (Lipinski definition) is 8. The van der Waals surface area contributed by atoms with Crippen molar-refractivity contribution in [3.63, 3.8) is 0 Å². The lowest BCUT2D eigenvalue weighted by molar-refractivity contribution is -0.161. The van der Waals surface area contributed by atoms with Crippen molar-refractivity contribution in [3.05, 3.63) is 85.1 Å². The number of phosphoric acid groups is 1. The van der Waals surface area contributed by atoms with E-state index in [4.69, 9.17) is 24.3 Å². The summed E-state index contributed by atoms with van der Waals surface area (Å²) in [6.07, 6.45) is 70.5. The summed E-state index contributed by atoms with van der Waals surface area (Å²) < 4.78 is 33.0. The van der Waals surface area contributed by atoms with Crippen LogP contribution in [0.25, 0.3) is 0 Å². The first kappa shape index (κ1) is 66.2. The summed E-state index contributed by atoms with van der Waals surface area (Å²) in [5.74, 6) is -0.845. The van der Waals surface area contributed by atoms with Crippen molar-refractivity contribution in [3.8, 4) is 0 Å². The van der Waals surface area contributed by atoms with E-state index < -0.39 is 26.5 Å². The molecule has 398 valence electrons. The van der Waals surface area contributed by atoms with Gasteiger partial charge in [0, 0.05) is 19.4 Å². The number of rotatable bonds is 52. The van der Waals surface area contributed by atoms with Gasteiger partial charge in [0.2, 0.25) is 0 Å². The SMILES string of the molecule is CC/C=C\C/C=C\C/C=C\C/C=C\C/C=C\C/C=C\CCCCCCCCC(=O)OC(COC(=O)CCCCCCCCCCCCC/C=C\CCCCCCCCCC)COP(=O)(O)OCCN. The van der Waals surface area contributed by atoms with E-state index in [0.29, 0.717) is 6.42 Å². The molecule has 2 atom stereocenters. The predicted molar refractivity (Wildman–Crippen MR) is 293 cm³/mol. The van der Waals surface area contributed by atoms with Crippen molar-refractivity contribution in [1.29, 1.82) is 0 Å². The highest BCUT2D eigenvalue weighted by Gasteiger charge is 2.26. The lowest BCUT2D eigenvalue weighted by atomic mass is 10.0. The predicted octanol–water partition coefficient (Wildman–Crippen LogP) is 17.5. The summed E-state index contributed by atoms with van der Waals surface area (Å²) in [6.45, 7) is 3.62.